The van der Waals surface area contributed by atoms with E-state index in [-0.39, 0.29) is 17.6 Å². The molecular formula is C7H11NO2. The van der Waals surface area contributed by atoms with Gasteiger partial charge in [-0.3, -0.25) is 0 Å². The molecule has 0 heterocycles. The number of hydrogen-bond acceptors (Lipinski definition) is 3. The zero-order valence-corrected chi connectivity index (χ0v) is 5.83. The Morgan fingerprint density at radius 2 is 1.80 bits per heavy atom. The molecule has 1 aromatic carbocycles. The molecule has 0 amide bonds. The van der Waals surface area contributed by atoms with Gasteiger partial charge >= 0.3 is 0 Å². The van der Waals surface area contributed by atoms with Gasteiger partial charge in [0.05, 0.1) is 0 Å². The molecule has 56 valence electrons. The molecule has 5 N–H and O–H groups in total. The van der Waals surface area contributed by atoms with Crippen LogP contribution in [-0.2, 0) is 0 Å². The van der Waals surface area contributed by atoms with Crippen LogP contribution < -0.4 is 6.15 Å². The summed E-state index contributed by atoms with van der Waals surface area (Å²) in [6.07, 6.45) is 0. The van der Waals surface area contributed by atoms with Gasteiger partial charge in [-0.25, -0.2) is 0 Å². The van der Waals surface area contributed by atoms with Crippen molar-refractivity contribution >= 4 is 0 Å². The second-order valence-corrected chi connectivity index (χ2v) is 1.94. The van der Waals surface area contributed by atoms with Crippen molar-refractivity contribution in [3.05, 3.63) is 23.8 Å². The lowest BCUT2D eigenvalue weighted by atomic mass is 10.2. The first-order valence-electron chi connectivity index (χ1n) is 2.69. The van der Waals surface area contributed by atoms with Crippen molar-refractivity contribution in [3.8, 4) is 11.5 Å². The minimum Gasteiger partial charge on any atom is -0.504 e. The summed E-state index contributed by atoms with van der Waals surface area (Å²) in [6.45, 7) is 1.73. The molecule has 0 saturated carbocycles. The molecule has 1 aromatic rings. The fourth-order valence-corrected chi connectivity index (χ4v) is 0.643. The van der Waals surface area contributed by atoms with Crippen LogP contribution in [0.1, 0.15) is 5.56 Å². The van der Waals surface area contributed by atoms with E-state index in [0.717, 1.165) is 0 Å². The Bertz CT molecular complexity index is 203. The molecule has 3 heteroatoms. The average molecular weight is 141 g/mol. The number of aromatic hydroxyl groups is 2. The summed E-state index contributed by atoms with van der Waals surface area (Å²) in [5, 5.41) is 17.8. The predicted octanol–water partition coefficient (Wildman–Crippen LogP) is 1.57. The normalized spacial score (nSPS) is 8.50. The quantitative estimate of drug-likeness (QED) is 0.480. The van der Waals surface area contributed by atoms with Gasteiger partial charge in [-0.1, -0.05) is 12.1 Å². The van der Waals surface area contributed by atoms with E-state index in [4.69, 9.17) is 10.2 Å². The Morgan fingerprint density at radius 1 is 1.20 bits per heavy atom. The van der Waals surface area contributed by atoms with E-state index in [1.807, 2.05) is 0 Å². The highest BCUT2D eigenvalue weighted by atomic mass is 16.3. The van der Waals surface area contributed by atoms with Crippen molar-refractivity contribution in [3.63, 3.8) is 0 Å². The Morgan fingerprint density at radius 3 is 2.20 bits per heavy atom. The maximum atomic E-state index is 8.96. The summed E-state index contributed by atoms with van der Waals surface area (Å²) in [5.41, 5.74) is 0.690. The molecule has 0 spiro atoms. The predicted molar refractivity (Wildman–Crippen MR) is 39.5 cm³/mol. The summed E-state index contributed by atoms with van der Waals surface area (Å²) in [4.78, 5) is 0. The molecule has 1 rings (SSSR count). The van der Waals surface area contributed by atoms with Gasteiger partial charge in [0.15, 0.2) is 11.5 Å². The molecule has 0 unspecified atom stereocenters. The minimum absolute atomic E-state index is 0. The van der Waals surface area contributed by atoms with Gasteiger partial charge in [0.25, 0.3) is 0 Å². The molecule has 0 aliphatic carbocycles. The summed E-state index contributed by atoms with van der Waals surface area (Å²) in [5.74, 6) is -0.0903. The Balaban J connectivity index is 0.000000810. The van der Waals surface area contributed by atoms with Crippen molar-refractivity contribution in [1.29, 1.82) is 0 Å². The summed E-state index contributed by atoms with van der Waals surface area (Å²) < 4.78 is 0. The first kappa shape index (κ1) is 8.78. The summed E-state index contributed by atoms with van der Waals surface area (Å²) in [6, 6.07) is 4.86. The van der Waals surface area contributed by atoms with Gasteiger partial charge in [0.2, 0.25) is 0 Å². The topological polar surface area (TPSA) is 75.5 Å². The smallest absolute Gasteiger partial charge is 0.160 e. The second-order valence-electron chi connectivity index (χ2n) is 1.94. The Hall–Kier alpha value is -1.22. The standard InChI is InChI=1S/C7H8O2.H3N/c1-5-3-2-4-6(8)7(5)9;/h2-4,8-9H,1H3;1H3. The lowest BCUT2D eigenvalue weighted by molar-refractivity contribution is 0.401. The number of para-hydroxylation sites is 1. The van der Waals surface area contributed by atoms with Crippen LogP contribution in [-0.4, -0.2) is 10.2 Å². The lowest BCUT2D eigenvalue weighted by Gasteiger charge is -1.97. The SMILES string of the molecule is Cc1cccc(O)c1O.N. The van der Waals surface area contributed by atoms with Gasteiger partial charge in [-0.2, -0.15) is 0 Å². The number of benzene rings is 1. The third-order valence-electron chi connectivity index (χ3n) is 1.22. The number of aryl methyl sites for hydroxylation is 1. The van der Waals surface area contributed by atoms with Gasteiger partial charge in [-0.05, 0) is 18.6 Å². The van der Waals surface area contributed by atoms with Crippen molar-refractivity contribution in [1.82, 2.24) is 6.15 Å². The molecule has 0 atom stereocenters. The molecule has 0 aliphatic rings. The van der Waals surface area contributed by atoms with E-state index in [1.165, 1.54) is 6.07 Å². The van der Waals surface area contributed by atoms with Crippen LogP contribution >= 0.6 is 0 Å². The lowest BCUT2D eigenvalue weighted by Crippen LogP contribution is -1.72. The highest BCUT2D eigenvalue weighted by Gasteiger charge is 1.98. The summed E-state index contributed by atoms with van der Waals surface area (Å²) in [7, 11) is 0. The van der Waals surface area contributed by atoms with E-state index in [2.05, 4.69) is 0 Å². The number of phenols is 2. The van der Waals surface area contributed by atoms with Crippen LogP contribution in [0.5, 0.6) is 11.5 Å². The molecular weight excluding hydrogens is 130 g/mol. The number of hydrogen-bond donors (Lipinski definition) is 3. The molecule has 0 aliphatic heterocycles. The van der Waals surface area contributed by atoms with Crippen LogP contribution in [0.15, 0.2) is 18.2 Å². The maximum Gasteiger partial charge on any atom is 0.160 e. The van der Waals surface area contributed by atoms with Gasteiger partial charge < -0.3 is 16.4 Å². The van der Waals surface area contributed by atoms with Gasteiger partial charge in [0.1, 0.15) is 0 Å². The van der Waals surface area contributed by atoms with Crippen molar-refractivity contribution in [2.24, 2.45) is 0 Å². The van der Waals surface area contributed by atoms with Crippen LogP contribution in [0.25, 0.3) is 0 Å². The van der Waals surface area contributed by atoms with Crippen molar-refractivity contribution in [2.75, 3.05) is 0 Å². The maximum absolute atomic E-state index is 8.96. The third kappa shape index (κ3) is 1.39. The van der Waals surface area contributed by atoms with E-state index in [0.29, 0.717) is 5.56 Å². The molecule has 0 aromatic heterocycles. The van der Waals surface area contributed by atoms with Crippen LogP contribution in [0.3, 0.4) is 0 Å². The van der Waals surface area contributed by atoms with Crippen LogP contribution in [0.2, 0.25) is 0 Å². The molecule has 0 saturated heterocycles. The zero-order chi connectivity index (χ0) is 6.85. The van der Waals surface area contributed by atoms with Gasteiger partial charge in [-0.15, -0.1) is 0 Å². The summed E-state index contributed by atoms with van der Waals surface area (Å²) >= 11 is 0. The first-order chi connectivity index (χ1) is 4.22. The second kappa shape index (κ2) is 3.08. The zero-order valence-electron chi connectivity index (χ0n) is 5.83. The van der Waals surface area contributed by atoms with Gasteiger partial charge in [0, 0.05) is 0 Å². The molecule has 3 nitrogen and oxygen atoms in total. The molecule has 0 bridgehead atoms. The monoisotopic (exact) mass is 141 g/mol. The average Bonchev–Trinajstić information content (AvgIpc) is 1.83. The van der Waals surface area contributed by atoms with E-state index >= 15 is 0 Å². The first-order valence-corrected chi connectivity index (χ1v) is 2.69. The van der Waals surface area contributed by atoms with E-state index in [9.17, 15) is 0 Å². The van der Waals surface area contributed by atoms with Crippen LogP contribution in [0.4, 0.5) is 0 Å². The molecule has 0 radical (unpaired) electrons. The van der Waals surface area contributed by atoms with E-state index < -0.39 is 0 Å². The Kier molecular flexibility index (Phi) is 2.70. The number of phenolic OH excluding ortho intramolecular Hbond substituents is 2. The largest absolute Gasteiger partial charge is 0.504 e. The van der Waals surface area contributed by atoms with Crippen molar-refractivity contribution in [2.45, 2.75) is 6.92 Å². The van der Waals surface area contributed by atoms with Crippen LogP contribution in [0, 0.1) is 6.92 Å². The molecule has 0 fully saturated rings. The highest BCUT2D eigenvalue weighted by Crippen LogP contribution is 2.26. The van der Waals surface area contributed by atoms with Crippen molar-refractivity contribution < 1.29 is 10.2 Å². The highest BCUT2D eigenvalue weighted by molar-refractivity contribution is 5.43. The minimum atomic E-state index is -0.0602. The van der Waals surface area contributed by atoms with E-state index in [1.54, 1.807) is 19.1 Å². The fourth-order valence-electron chi connectivity index (χ4n) is 0.643. The number of rotatable bonds is 0. The fraction of sp³-hybridized carbons (Fsp3) is 0.143. The Labute approximate surface area is 59.5 Å². The third-order valence-corrected chi connectivity index (χ3v) is 1.22. The molecule has 10 heavy (non-hydrogen) atoms.